The number of halogens is 3. The highest BCUT2D eigenvalue weighted by Gasteiger charge is 2.35. The van der Waals surface area contributed by atoms with Crippen molar-refractivity contribution < 1.29 is 23.1 Å². The van der Waals surface area contributed by atoms with Crippen LogP contribution in [0, 0.1) is 5.92 Å². The van der Waals surface area contributed by atoms with E-state index in [9.17, 15) is 18.0 Å². The van der Waals surface area contributed by atoms with E-state index in [1.165, 1.54) is 0 Å². The van der Waals surface area contributed by atoms with Crippen LogP contribution in [0.3, 0.4) is 0 Å². The Labute approximate surface area is 150 Å². The number of nitrogens with zero attached hydrogens (tertiary/aromatic N) is 3. The number of carboxylic acid groups (broad SMARTS) is 1. The van der Waals surface area contributed by atoms with E-state index in [1.54, 1.807) is 4.90 Å². The molecule has 0 aromatic carbocycles. The van der Waals surface area contributed by atoms with Crippen molar-refractivity contribution in [2.24, 2.45) is 5.92 Å². The van der Waals surface area contributed by atoms with Crippen LogP contribution in [0.4, 0.5) is 19.1 Å². The first-order valence-electron chi connectivity index (χ1n) is 9.26. The molecule has 26 heavy (non-hydrogen) atoms. The van der Waals surface area contributed by atoms with Crippen LogP contribution in [0.2, 0.25) is 0 Å². The van der Waals surface area contributed by atoms with Gasteiger partial charge in [-0.25, -0.2) is 9.97 Å². The molecule has 0 spiro atoms. The summed E-state index contributed by atoms with van der Waals surface area (Å²) in [5.74, 6) is -0.449. The van der Waals surface area contributed by atoms with Gasteiger partial charge in [0.2, 0.25) is 5.95 Å². The van der Waals surface area contributed by atoms with Crippen molar-refractivity contribution in [2.45, 2.75) is 63.5 Å². The van der Waals surface area contributed by atoms with Crippen LogP contribution in [0.1, 0.15) is 68.7 Å². The van der Waals surface area contributed by atoms with Crippen molar-refractivity contribution in [3.63, 3.8) is 0 Å². The second kappa shape index (κ2) is 7.80. The molecule has 1 aliphatic heterocycles. The standard InChI is InChI=1S/C18H24F3N3O2/c19-18(20,21)15-11-14(22-17(23-15)24-8-3-9-24)13-6-1-4-12(5-2-7-13)10-16(25)26/h11-13H,1-10H2,(H,25,26). The fourth-order valence-electron chi connectivity index (χ4n) is 3.81. The Hall–Kier alpha value is -1.86. The molecule has 5 nitrogen and oxygen atoms in total. The number of carboxylic acids is 1. The second-order valence-electron chi connectivity index (χ2n) is 7.34. The molecule has 1 N–H and O–H groups in total. The molecule has 1 aromatic rings. The van der Waals surface area contributed by atoms with E-state index in [4.69, 9.17) is 5.11 Å². The maximum Gasteiger partial charge on any atom is 0.433 e. The van der Waals surface area contributed by atoms with Crippen LogP contribution in [0.5, 0.6) is 0 Å². The highest BCUT2D eigenvalue weighted by atomic mass is 19.4. The molecule has 0 atom stereocenters. The average Bonchev–Trinajstić information content (AvgIpc) is 2.46. The number of aliphatic carboxylic acids is 1. The summed E-state index contributed by atoms with van der Waals surface area (Å²) in [6, 6.07) is 1.10. The summed E-state index contributed by atoms with van der Waals surface area (Å²) >= 11 is 0. The van der Waals surface area contributed by atoms with Gasteiger partial charge in [-0.2, -0.15) is 13.2 Å². The first-order valence-corrected chi connectivity index (χ1v) is 9.26. The van der Waals surface area contributed by atoms with Gasteiger partial charge in [0, 0.05) is 31.1 Å². The second-order valence-corrected chi connectivity index (χ2v) is 7.34. The van der Waals surface area contributed by atoms with E-state index in [0.717, 1.165) is 51.0 Å². The summed E-state index contributed by atoms with van der Waals surface area (Å²) < 4.78 is 39.8. The smallest absolute Gasteiger partial charge is 0.433 e. The molecular weight excluding hydrogens is 347 g/mol. The van der Waals surface area contributed by atoms with Crippen LogP contribution >= 0.6 is 0 Å². The summed E-state index contributed by atoms with van der Waals surface area (Å²) in [7, 11) is 0. The lowest BCUT2D eigenvalue weighted by Crippen LogP contribution is -2.39. The molecule has 2 fully saturated rings. The molecule has 2 aliphatic rings. The fraction of sp³-hybridized carbons (Fsp3) is 0.722. The molecule has 1 aromatic heterocycles. The molecule has 0 unspecified atom stereocenters. The van der Waals surface area contributed by atoms with Crippen molar-refractivity contribution in [1.29, 1.82) is 0 Å². The van der Waals surface area contributed by atoms with Crippen molar-refractivity contribution in [1.82, 2.24) is 9.97 Å². The lowest BCUT2D eigenvalue weighted by Gasteiger charge is -2.32. The Morgan fingerprint density at radius 3 is 2.27 bits per heavy atom. The van der Waals surface area contributed by atoms with Crippen molar-refractivity contribution in [3.05, 3.63) is 17.5 Å². The van der Waals surface area contributed by atoms with Gasteiger partial charge in [0.25, 0.3) is 0 Å². The van der Waals surface area contributed by atoms with Crippen LogP contribution in [-0.4, -0.2) is 34.1 Å². The zero-order valence-corrected chi connectivity index (χ0v) is 14.6. The molecule has 3 rings (SSSR count). The predicted molar refractivity (Wildman–Crippen MR) is 90.0 cm³/mol. The molecule has 1 aliphatic carbocycles. The first kappa shape index (κ1) is 18.9. The molecule has 2 heterocycles. The zero-order chi connectivity index (χ0) is 18.7. The van der Waals surface area contributed by atoms with Gasteiger partial charge in [0.05, 0.1) is 0 Å². The quantitative estimate of drug-likeness (QED) is 0.858. The Kier molecular flexibility index (Phi) is 5.67. The van der Waals surface area contributed by atoms with Gasteiger partial charge >= 0.3 is 12.1 Å². The van der Waals surface area contributed by atoms with Gasteiger partial charge in [-0.15, -0.1) is 0 Å². The number of hydrogen-bond acceptors (Lipinski definition) is 4. The van der Waals surface area contributed by atoms with Gasteiger partial charge in [-0.1, -0.05) is 12.8 Å². The Balaban J connectivity index is 1.76. The summed E-state index contributed by atoms with van der Waals surface area (Å²) in [6.45, 7) is 1.39. The van der Waals surface area contributed by atoms with Crippen molar-refractivity contribution in [3.8, 4) is 0 Å². The van der Waals surface area contributed by atoms with E-state index in [1.807, 2.05) is 0 Å². The highest BCUT2D eigenvalue weighted by molar-refractivity contribution is 5.67. The minimum absolute atomic E-state index is 0.0232. The van der Waals surface area contributed by atoms with Crippen LogP contribution in [0.15, 0.2) is 6.07 Å². The number of anilines is 1. The maximum atomic E-state index is 13.3. The minimum Gasteiger partial charge on any atom is -0.481 e. The SMILES string of the molecule is O=C(O)CC1CCCC(c2cc(C(F)(F)F)nc(N3CCC3)n2)CCC1. The lowest BCUT2D eigenvalue weighted by molar-refractivity contribution is -0.141. The molecule has 1 saturated carbocycles. The van der Waals surface area contributed by atoms with Gasteiger partial charge < -0.3 is 10.0 Å². The molecule has 8 heteroatoms. The molecule has 144 valence electrons. The van der Waals surface area contributed by atoms with Crippen molar-refractivity contribution in [2.75, 3.05) is 18.0 Å². The molecular formula is C18H24F3N3O2. The number of hydrogen-bond donors (Lipinski definition) is 1. The molecule has 0 amide bonds. The fourth-order valence-corrected chi connectivity index (χ4v) is 3.81. The zero-order valence-electron chi connectivity index (χ0n) is 14.6. The topological polar surface area (TPSA) is 66.3 Å². The summed E-state index contributed by atoms with van der Waals surface area (Å²) in [6.07, 6.45) is 1.36. The third-order valence-corrected chi connectivity index (χ3v) is 5.37. The van der Waals surface area contributed by atoms with Crippen LogP contribution in [0.25, 0.3) is 0 Å². The summed E-state index contributed by atoms with van der Waals surface area (Å²) in [4.78, 5) is 20.9. The van der Waals surface area contributed by atoms with Crippen molar-refractivity contribution >= 4 is 11.9 Å². The van der Waals surface area contributed by atoms with Gasteiger partial charge in [0.15, 0.2) is 0 Å². The average molecular weight is 371 g/mol. The highest BCUT2D eigenvalue weighted by Crippen LogP contribution is 2.36. The first-order chi connectivity index (χ1) is 12.3. The van der Waals surface area contributed by atoms with Crippen LogP contribution < -0.4 is 4.90 Å². The maximum absolute atomic E-state index is 13.3. The normalized spacial score (nSPS) is 24.5. The van der Waals surface area contributed by atoms with Crippen LogP contribution in [-0.2, 0) is 11.0 Å². The largest absolute Gasteiger partial charge is 0.481 e. The number of carbonyl (C=O) groups is 1. The van der Waals surface area contributed by atoms with E-state index < -0.39 is 17.8 Å². The molecule has 0 bridgehead atoms. The number of aromatic nitrogens is 2. The summed E-state index contributed by atoms with van der Waals surface area (Å²) in [5, 5.41) is 8.95. The monoisotopic (exact) mass is 371 g/mol. The Morgan fingerprint density at radius 1 is 1.12 bits per heavy atom. The van der Waals surface area contributed by atoms with E-state index >= 15 is 0 Å². The van der Waals surface area contributed by atoms with E-state index in [-0.39, 0.29) is 24.2 Å². The Morgan fingerprint density at radius 2 is 1.77 bits per heavy atom. The van der Waals surface area contributed by atoms with Gasteiger partial charge in [0.1, 0.15) is 5.69 Å². The minimum atomic E-state index is -4.48. The number of alkyl halides is 3. The molecule has 0 radical (unpaired) electrons. The van der Waals surface area contributed by atoms with Gasteiger partial charge in [-0.05, 0) is 44.1 Å². The number of rotatable bonds is 4. The van der Waals surface area contributed by atoms with Gasteiger partial charge in [-0.3, -0.25) is 4.79 Å². The third kappa shape index (κ3) is 4.65. The van der Waals surface area contributed by atoms with E-state index in [0.29, 0.717) is 18.8 Å². The molecule has 1 saturated heterocycles. The third-order valence-electron chi connectivity index (χ3n) is 5.37. The van der Waals surface area contributed by atoms with E-state index in [2.05, 4.69) is 9.97 Å². The summed E-state index contributed by atoms with van der Waals surface area (Å²) in [5.41, 5.74) is -0.388. The predicted octanol–water partition coefficient (Wildman–Crippen LogP) is 4.23. The Bertz CT molecular complexity index is 637. The lowest BCUT2D eigenvalue weighted by atomic mass is 9.83.